The molecule has 5 nitrogen and oxygen atoms in total. The van der Waals surface area contributed by atoms with Gasteiger partial charge in [-0.3, -0.25) is 4.72 Å². The molecule has 1 aliphatic heterocycles. The molecule has 0 spiro atoms. The lowest BCUT2D eigenvalue weighted by atomic mass is 10.0. The van der Waals surface area contributed by atoms with Crippen LogP contribution in [0.1, 0.15) is 38.3 Å². The predicted molar refractivity (Wildman–Crippen MR) is 86.4 cm³/mol. The molecule has 1 saturated heterocycles. The van der Waals surface area contributed by atoms with E-state index >= 15 is 0 Å². The van der Waals surface area contributed by atoms with Gasteiger partial charge in [-0.15, -0.1) is 0 Å². The predicted octanol–water partition coefficient (Wildman–Crippen LogP) is 2.36. The second-order valence-corrected chi connectivity index (χ2v) is 7.49. The quantitative estimate of drug-likeness (QED) is 0.877. The van der Waals surface area contributed by atoms with E-state index in [1.807, 2.05) is 31.3 Å². The van der Waals surface area contributed by atoms with E-state index in [1.54, 1.807) is 0 Å². The topological polar surface area (TPSA) is 61.4 Å². The molecular formula is C15H25N3O2S. The van der Waals surface area contributed by atoms with Gasteiger partial charge in [-0.1, -0.05) is 19.1 Å². The first-order valence-electron chi connectivity index (χ1n) is 7.47. The molecule has 2 rings (SSSR count). The molecule has 1 aromatic rings. The molecule has 1 heterocycles. The summed E-state index contributed by atoms with van der Waals surface area (Å²) in [6, 6.07) is 7.76. The van der Waals surface area contributed by atoms with Gasteiger partial charge in [-0.2, -0.15) is 12.7 Å². The van der Waals surface area contributed by atoms with Crippen LogP contribution in [0.2, 0.25) is 0 Å². The third-order valence-corrected chi connectivity index (χ3v) is 5.71. The van der Waals surface area contributed by atoms with E-state index in [-0.39, 0.29) is 6.04 Å². The SMILES string of the molecule is CNC(C)c1ccc(NS(=O)(=O)N2CCC(C)CC2)cc1. The van der Waals surface area contributed by atoms with Crippen LogP contribution in [0, 0.1) is 5.92 Å². The third-order valence-electron chi connectivity index (χ3n) is 4.17. The Hall–Kier alpha value is -1.11. The molecule has 0 radical (unpaired) electrons. The Balaban J connectivity index is 2.03. The summed E-state index contributed by atoms with van der Waals surface area (Å²) in [6.45, 7) is 5.43. The summed E-state index contributed by atoms with van der Waals surface area (Å²) in [5.41, 5.74) is 1.74. The molecule has 6 heteroatoms. The van der Waals surface area contributed by atoms with Crippen molar-refractivity contribution in [2.24, 2.45) is 5.92 Å². The first kappa shape index (κ1) is 16.3. The minimum absolute atomic E-state index is 0.249. The number of nitrogens with zero attached hydrogens (tertiary/aromatic N) is 1. The van der Waals surface area contributed by atoms with Crippen molar-refractivity contribution in [1.29, 1.82) is 0 Å². The van der Waals surface area contributed by atoms with Crippen molar-refractivity contribution < 1.29 is 8.42 Å². The molecule has 1 fully saturated rings. The molecule has 2 N–H and O–H groups in total. The largest absolute Gasteiger partial charge is 0.313 e. The Morgan fingerprint density at radius 3 is 2.29 bits per heavy atom. The van der Waals surface area contributed by atoms with E-state index in [4.69, 9.17) is 0 Å². The van der Waals surface area contributed by atoms with Crippen LogP contribution in [0.3, 0.4) is 0 Å². The number of rotatable bonds is 5. The standard InChI is InChI=1S/C15H25N3O2S/c1-12-8-10-18(11-9-12)21(19,20)17-15-6-4-14(5-7-15)13(2)16-3/h4-7,12-13,16-17H,8-11H2,1-3H3. The van der Waals surface area contributed by atoms with Crippen molar-refractivity contribution >= 4 is 15.9 Å². The molecular weight excluding hydrogens is 286 g/mol. The van der Waals surface area contributed by atoms with Crippen LogP contribution < -0.4 is 10.0 Å². The minimum Gasteiger partial charge on any atom is -0.313 e. The van der Waals surface area contributed by atoms with Gasteiger partial charge in [0, 0.05) is 24.8 Å². The summed E-state index contributed by atoms with van der Waals surface area (Å²) < 4.78 is 28.9. The molecule has 0 aliphatic carbocycles. The van der Waals surface area contributed by atoms with Gasteiger partial charge < -0.3 is 5.32 Å². The van der Waals surface area contributed by atoms with Crippen molar-refractivity contribution in [2.45, 2.75) is 32.7 Å². The van der Waals surface area contributed by atoms with Gasteiger partial charge in [0.1, 0.15) is 0 Å². The summed E-state index contributed by atoms with van der Waals surface area (Å²) in [5, 5.41) is 3.16. The highest BCUT2D eigenvalue weighted by Crippen LogP contribution is 2.21. The molecule has 0 aromatic heterocycles. The first-order chi connectivity index (χ1) is 9.92. The number of hydrogen-bond acceptors (Lipinski definition) is 3. The maximum atomic E-state index is 12.3. The lowest BCUT2D eigenvalue weighted by Crippen LogP contribution is -2.41. The van der Waals surface area contributed by atoms with Gasteiger partial charge in [-0.25, -0.2) is 0 Å². The zero-order chi connectivity index (χ0) is 15.5. The molecule has 21 heavy (non-hydrogen) atoms. The molecule has 0 amide bonds. The summed E-state index contributed by atoms with van der Waals surface area (Å²) in [6.07, 6.45) is 1.86. The fourth-order valence-electron chi connectivity index (χ4n) is 2.45. The van der Waals surface area contributed by atoms with Crippen molar-refractivity contribution in [3.63, 3.8) is 0 Å². The van der Waals surface area contributed by atoms with Gasteiger partial charge in [0.15, 0.2) is 0 Å². The summed E-state index contributed by atoms with van der Waals surface area (Å²) in [5.74, 6) is 0.610. The Morgan fingerprint density at radius 2 is 1.76 bits per heavy atom. The number of hydrogen-bond donors (Lipinski definition) is 2. The Labute approximate surface area is 127 Å². The van der Waals surface area contributed by atoms with E-state index in [0.29, 0.717) is 24.7 Å². The van der Waals surface area contributed by atoms with Gasteiger partial charge in [0.05, 0.1) is 0 Å². The van der Waals surface area contributed by atoms with E-state index < -0.39 is 10.2 Å². The molecule has 0 bridgehead atoms. The van der Waals surface area contributed by atoms with Crippen molar-refractivity contribution in [2.75, 3.05) is 24.9 Å². The minimum atomic E-state index is -3.43. The summed E-state index contributed by atoms with van der Waals surface area (Å²) in [4.78, 5) is 0. The van der Waals surface area contributed by atoms with Crippen LogP contribution in [-0.4, -0.2) is 32.9 Å². The lowest BCUT2D eigenvalue weighted by Gasteiger charge is -2.29. The monoisotopic (exact) mass is 311 g/mol. The van der Waals surface area contributed by atoms with Crippen LogP contribution in [0.15, 0.2) is 24.3 Å². The van der Waals surface area contributed by atoms with Crippen LogP contribution in [0.5, 0.6) is 0 Å². The Morgan fingerprint density at radius 1 is 1.19 bits per heavy atom. The number of benzene rings is 1. The molecule has 1 aromatic carbocycles. The second kappa shape index (κ2) is 6.77. The number of nitrogens with one attached hydrogen (secondary N) is 2. The van der Waals surface area contributed by atoms with Gasteiger partial charge in [0.2, 0.25) is 0 Å². The summed E-state index contributed by atoms with van der Waals surface area (Å²) >= 11 is 0. The highest BCUT2D eigenvalue weighted by molar-refractivity contribution is 7.90. The Bertz CT molecular complexity index is 549. The average molecular weight is 311 g/mol. The van der Waals surface area contributed by atoms with Crippen molar-refractivity contribution in [3.05, 3.63) is 29.8 Å². The van der Waals surface area contributed by atoms with E-state index in [2.05, 4.69) is 23.9 Å². The van der Waals surface area contributed by atoms with Gasteiger partial charge in [0.25, 0.3) is 0 Å². The van der Waals surface area contributed by atoms with Crippen LogP contribution in [0.25, 0.3) is 0 Å². The normalized spacial score (nSPS) is 19.4. The molecule has 1 unspecified atom stereocenters. The lowest BCUT2D eigenvalue weighted by molar-refractivity contribution is 0.289. The van der Waals surface area contributed by atoms with E-state index in [1.165, 1.54) is 4.31 Å². The highest BCUT2D eigenvalue weighted by atomic mass is 32.2. The van der Waals surface area contributed by atoms with Crippen molar-refractivity contribution in [3.8, 4) is 0 Å². The zero-order valence-electron chi connectivity index (χ0n) is 13.0. The third kappa shape index (κ3) is 4.18. The fourth-order valence-corrected chi connectivity index (χ4v) is 3.70. The molecule has 1 atom stereocenters. The van der Waals surface area contributed by atoms with Crippen molar-refractivity contribution in [1.82, 2.24) is 9.62 Å². The van der Waals surface area contributed by atoms with Gasteiger partial charge in [-0.05, 0) is 50.4 Å². The second-order valence-electron chi connectivity index (χ2n) is 5.82. The van der Waals surface area contributed by atoms with Crippen LogP contribution >= 0.6 is 0 Å². The van der Waals surface area contributed by atoms with Crippen LogP contribution in [0.4, 0.5) is 5.69 Å². The average Bonchev–Trinajstić information content (AvgIpc) is 2.47. The maximum absolute atomic E-state index is 12.3. The molecule has 1 aliphatic rings. The number of piperidine rings is 1. The smallest absolute Gasteiger partial charge is 0.301 e. The number of anilines is 1. The molecule has 118 valence electrons. The maximum Gasteiger partial charge on any atom is 0.301 e. The highest BCUT2D eigenvalue weighted by Gasteiger charge is 2.26. The first-order valence-corrected chi connectivity index (χ1v) is 8.91. The Kier molecular flexibility index (Phi) is 5.24. The summed E-state index contributed by atoms with van der Waals surface area (Å²) in [7, 11) is -1.53. The molecule has 0 saturated carbocycles. The zero-order valence-corrected chi connectivity index (χ0v) is 13.8. The fraction of sp³-hybridized carbons (Fsp3) is 0.600. The van der Waals surface area contributed by atoms with Gasteiger partial charge >= 0.3 is 10.2 Å². The van der Waals surface area contributed by atoms with Crippen LogP contribution in [-0.2, 0) is 10.2 Å². The van der Waals surface area contributed by atoms with E-state index in [0.717, 1.165) is 18.4 Å². The van der Waals surface area contributed by atoms with E-state index in [9.17, 15) is 8.42 Å².